The minimum absolute atomic E-state index is 0.0313. The molecule has 0 atom stereocenters. The van der Waals surface area contributed by atoms with Crippen molar-refractivity contribution in [3.63, 3.8) is 0 Å². The first-order valence-corrected chi connectivity index (χ1v) is 7.76. The molecule has 1 amide bonds. The molecule has 7 nitrogen and oxygen atoms in total. The number of phenols is 1. The molecule has 0 unspecified atom stereocenters. The topological polar surface area (TPSA) is 107 Å². The fraction of sp³-hybridized carbons (Fsp3) is 0.167. The number of methoxy groups -OCH3 is 1. The van der Waals surface area contributed by atoms with Gasteiger partial charge in [0.05, 0.1) is 24.3 Å². The number of benzene rings is 2. The number of halogens is 1. The lowest BCUT2D eigenvalue weighted by atomic mass is 9.93. The lowest BCUT2D eigenvalue weighted by Crippen LogP contribution is -2.25. The van der Waals surface area contributed by atoms with Crippen LogP contribution >= 0.6 is 0 Å². The zero-order chi connectivity index (χ0) is 18.7. The maximum absolute atomic E-state index is 14.5. The van der Waals surface area contributed by atoms with Crippen molar-refractivity contribution in [2.45, 2.75) is 0 Å². The van der Waals surface area contributed by atoms with Crippen LogP contribution in [0.1, 0.15) is 15.9 Å². The fourth-order valence-corrected chi connectivity index (χ4v) is 2.66. The Kier molecular flexibility index (Phi) is 4.71. The number of hydrogen-bond acceptors (Lipinski definition) is 4. The van der Waals surface area contributed by atoms with Gasteiger partial charge in [-0.15, -0.1) is 0 Å². The van der Waals surface area contributed by atoms with Gasteiger partial charge in [0.15, 0.2) is 5.96 Å². The monoisotopic (exact) mass is 354 g/mol. The van der Waals surface area contributed by atoms with Gasteiger partial charge in [-0.1, -0.05) is 0 Å². The zero-order valence-electron chi connectivity index (χ0n) is 13.8. The van der Waals surface area contributed by atoms with Crippen molar-refractivity contribution >= 4 is 11.9 Å². The second-order valence-electron chi connectivity index (χ2n) is 5.46. The summed E-state index contributed by atoms with van der Waals surface area (Å²) in [6.07, 6.45) is 0. The summed E-state index contributed by atoms with van der Waals surface area (Å²) in [5.41, 5.74) is -0.283. The molecule has 1 saturated heterocycles. The highest BCUT2D eigenvalue weighted by atomic mass is 19.1. The number of rotatable bonds is 3. The molecule has 0 saturated carbocycles. The average molecular weight is 354 g/mol. The number of hydrogen-bond donors (Lipinski definition) is 3. The highest BCUT2D eigenvalue weighted by Gasteiger charge is 2.24. The lowest BCUT2D eigenvalue weighted by Gasteiger charge is -2.13. The van der Waals surface area contributed by atoms with Crippen molar-refractivity contribution in [3.8, 4) is 28.7 Å². The predicted molar refractivity (Wildman–Crippen MR) is 92.5 cm³/mol. The van der Waals surface area contributed by atoms with Crippen molar-refractivity contribution in [1.82, 2.24) is 10.6 Å². The number of nitrogens with zero attached hydrogens (tertiary/aromatic N) is 2. The van der Waals surface area contributed by atoms with Crippen LogP contribution in [0.2, 0.25) is 0 Å². The summed E-state index contributed by atoms with van der Waals surface area (Å²) < 4.78 is 19.6. The minimum Gasteiger partial charge on any atom is -0.507 e. The first-order chi connectivity index (χ1) is 12.5. The first kappa shape index (κ1) is 17.2. The van der Waals surface area contributed by atoms with E-state index in [1.165, 1.54) is 37.4 Å². The van der Waals surface area contributed by atoms with E-state index in [1.807, 2.05) is 6.07 Å². The summed E-state index contributed by atoms with van der Waals surface area (Å²) in [7, 11) is 1.42. The summed E-state index contributed by atoms with van der Waals surface area (Å²) >= 11 is 0. The Morgan fingerprint density at radius 1 is 1.31 bits per heavy atom. The third kappa shape index (κ3) is 3.15. The standard InChI is InChI=1S/C18H15FN4O3/c1-26-11-3-4-13(19)12(8-11)15-10(9-20)2-5-14(24)16(15)17(25)23-18-21-6-7-22-18/h2-5,8,24H,6-7H2,1H3,(H2,21,22,23,25). The predicted octanol–water partition coefficient (Wildman–Crippen LogP) is 1.77. The molecule has 0 spiro atoms. The van der Waals surface area contributed by atoms with Gasteiger partial charge in [-0.05, 0) is 30.3 Å². The van der Waals surface area contributed by atoms with Gasteiger partial charge >= 0.3 is 0 Å². The molecule has 1 aliphatic rings. The molecule has 1 aliphatic heterocycles. The van der Waals surface area contributed by atoms with Gasteiger partial charge in [-0.3, -0.25) is 4.79 Å². The van der Waals surface area contributed by atoms with E-state index < -0.39 is 17.5 Å². The van der Waals surface area contributed by atoms with Gasteiger partial charge in [0, 0.05) is 24.2 Å². The van der Waals surface area contributed by atoms with Crippen LogP contribution in [0, 0.1) is 17.1 Å². The molecule has 2 aromatic rings. The van der Waals surface area contributed by atoms with E-state index in [0.29, 0.717) is 18.8 Å². The molecule has 0 aliphatic carbocycles. The van der Waals surface area contributed by atoms with Crippen LogP contribution < -0.4 is 15.4 Å². The molecule has 8 heteroatoms. The Morgan fingerprint density at radius 3 is 2.69 bits per heavy atom. The smallest absolute Gasteiger partial charge is 0.284 e. The largest absolute Gasteiger partial charge is 0.507 e. The number of aliphatic imine (C=N–C) groups is 1. The maximum atomic E-state index is 14.5. The van der Waals surface area contributed by atoms with Crippen molar-refractivity contribution in [3.05, 3.63) is 47.3 Å². The molecule has 2 aromatic carbocycles. The second-order valence-corrected chi connectivity index (χ2v) is 5.46. The molecule has 26 heavy (non-hydrogen) atoms. The number of carbonyl (C=O) groups is 1. The third-order valence-corrected chi connectivity index (χ3v) is 3.88. The van der Waals surface area contributed by atoms with Crippen LogP contribution in [-0.2, 0) is 0 Å². The lowest BCUT2D eigenvalue weighted by molar-refractivity contribution is 0.100. The van der Waals surface area contributed by atoms with E-state index in [2.05, 4.69) is 15.6 Å². The molecule has 1 fully saturated rings. The number of phenolic OH excluding ortho intramolecular Hbond substituents is 1. The summed E-state index contributed by atoms with van der Waals surface area (Å²) in [5.74, 6) is -1.25. The fourth-order valence-electron chi connectivity index (χ4n) is 2.66. The quantitative estimate of drug-likeness (QED) is 0.775. The third-order valence-electron chi connectivity index (χ3n) is 3.88. The van der Waals surface area contributed by atoms with Crippen molar-refractivity contribution in [1.29, 1.82) is 5.26 Å². The molecule has 3 N–H and O–H groups in total. The first-order valence-electron chi connectivity index (χ1n) is 7.76. The van der Waals surface area contributed by atoms with Crippen molar-refractivity contribution in [2.24, 2.45) is 4.99 Å². The maximum Gasteiger partial charge on any atom is 0.284 e. The zero-order valence-corrected chi connectivity index (χ0v) is 13.8. The van der Waals surface area contributed by atoms with Crippen LogP contribution in [-0.4, -0.2) is 37.2 Å². The SMILES string of the molecule is COc1ccc(F)c(-c2c(C#N)ccc(O)c2C(=O)N=C2NCCN2)c1. The number of nitriles is 1. The molecule has 132 valence electrons. The molecule has 1 heterocycles. The Balaban J connectivity index is 2.24. The van der Waals surface area contributed by atoms with Crippen LogP contribution in [0.25, 0.3) is 11.1 Å². The molecule has 0 aromatic heterocycles. The number of carbonyl (C=O) groups excluding carboxylic acids is 1. The normalized spacial score (nSPS) is 12.7. The molecular formula is C18H15FN4O3. The van der Waals surface area contributed by atoms with E-state index in [4.69, 9.17) is 4.74 Å². The number of aromatic hydroxyl groups is 1. The van der Waals surface area contributed by atoms with Gasteiger partial charge in [-0.2, -0.15) is 10.3 Å². The Hall–Kier alpha value is -3.60. The molecule has 0 radical (unpaired) electrons. The van der Waals surface area contributed by atoms with Gasteiger partial charge in [0.25, 0.3) is 5.91 Å². The van der Waals surface area contributed by atoms with E-state index in [-0.39, 0.29) is 28.2 Å². The van der Waals surface area contributed by atoms with Crippen LogP contribution in [0.4, 0.5) is 4.39 Å². The highest BCUT2D eigenvalue weighted by Crippen LogP contribution is 2.37. The second kappa shape index (κ2) is 7.11. The van der Waals surface area contributed by atoms with Gasteiger partial charge in [0.2, 0.25) is 0 Å². The minimum atomic E-state index is -0.797. The molecule has 3 rings (SSSR count). The molecule has 0 bridgehead atoms. The molecular weight excluding hydrogens is 339 g/mol. The Bertz CT molecular complexity index is 942. The number of nitrogens with one attached hydrogen (secondary N) is 2. The van der Waals surface area contributed by atoms with Gasteiger partial charge < -0.3 is 20.5 Å². The van der Waals surface area contributed by atoms with E-state index in [9.17, 15) is 19.6 Å². The van der Waals surface area contributed by atoms with Crippen molar-refractivity contribution in [2.75, 3.05) is 20.2 Å². The number of amides is 1. The van der Waals surface area contributed by atoms with Gasteiger partial charge in [0.1, 0.15) is 17.3 Å². The summed E-state index contributed by atoms with van der Waals surface area (Å²) in [6, 6.07) is 8.40. The van der Waals surface area contributed by atoms with Crippen molar-refractivity contribution < 1.29 is 19.0 Å². The average Bonchev–Trinajstić information content (AvgIpc) is 3.14. The van der Waals surface area contributed by atoms with Crippen LogP contribution in [0.3, 0.4) is 0 Å². The highest BCUT2D eigenvalue weighted by molar-refractivity contribution is 6.09. The Morgan fingerprint density at radius 2 is 2.04 bits per heavy atom. The van der Waals surface area contributed by atoms with Crippen LogP contribution in [0.15, 0.2) is 35.3 Å². The summed E-state index contributed by atoms with van der Waals surface area (Å²) in [5, 5.41) is 25.4. The number of guanidine groups is 1. The number of ether oxygens (including phenoxy) is 1. The van der Waals surface area contributed by atoms with E-state index in [0.717, 1.165) is 0 Å². The Labute approximate surface area is 148 Å². The summed E-state index contributed by atoms with van der Waals surface area (Å²) in [4.78, 5) is 16.5. The van der Waals surface area contributed by atoms with E-state index in [1.54, 1.807) is 0 Å². The van der Waals surface area contributed by atoms with Gasteiger partial charge in [-0.25, -0.2) is 4.39 Å². The summed E-state index contributed by atoms with van der Waals surface area (Å²) in [6.45, 7) is 1.21. The van der Waals surface area contributed by atoms with Crippen LogP contribution in [0.5, 0.6) is 11.5 Å². The van der Waals surface area contributed by atoms with E-state index >= 15 is 0 Å².